The Morgan fingerprint density at radius 3 is 2.29 bits per heavy atom. The number of benzene rings is 1. The van der Waals surface area contributed by atoms with Gasteiger partial charge in [0.25, 0.3) is 0 Å². The third-order valence-corrected chi connectivity index (χ3v) is 1.96. The quantitative estimate of drug-likeness (QED) is 0.760. The molecule has 0 atom stereocenters. The number of aryl methyl sites for hydroxylation is 1. The second kappa shape index (κ2) is 4.61. The van der Waals surface area contributed by atoms with Gasteiger partial charge in [0.1, 0.15) is 0 Å². The molecule has 14 heavy (non-hydrogen) atoms. The number of nitrogens with one attached hydrogen (secondary N) is 1. The fraction of sp³-hybridized carbons (Fsp3) is 0.250. The van der Waals surface area contributed by atoms with E-state index < -0.39 is 0 Å². The molecular formula is C12H15NO. The van der Waals surface area contributed by atoms with Crippen molar-refractivity contribution in [3.8, 4) is 0 Å². The molecule has 1 amide bonds. The van der Waals surface area contributed by atoms with Crippen LogP contribution in [0, 0.1) is 6.92 Å². The van der Waals surface area contributed by atoms with Gasteiger partial charge in [0.05, 0.1) is 0 Å². The lowest BCUT2D eigenvalue weighted by atomic mass is 10.1. The van der Waals surface area contributed by atoms with Crippen molar-refractivity contribution in [2.24, 2.45) is 0 Å². The minimum atomic E-state index is -0.0429. The van der Waals surface area contributed by atoms with Crippen LogP contribution < -0.4 is 5.32 Å². The van der Waals surface area contributed by atoms with Crippen LogP contribution in [-0.4, -0.2) is 5.91 Å². The van der Waals surface area contributed by atoms with Crippen molar-refractivity contribution in [3.05, 3.63) is 41.5 Å². The van der Waals surface area contributed by atoms with Crippen molar-refractivity contribution in [2.75, 3.05) is 0 Å². The Hall–Kier alpha value is -1.57. The number of hydrogen-bond donors (Lipinski definition) is 1. The van der Waals surface area contributed by atoms with Crippen LogP contribution in [0.3, 0.4) is 0 Å². The lowest BCUT2D eigenvalue weighted by Crippen LogP contribution is -2.17. The van der Waals surface area contributed by atoms with E-state index in [9.17, 15) is 4.79 Å². The number of hydrogen-bond acceptors (Lipinski definition) is 1. The molecule has 0 bridgehead atoms. The molecule has 0 aliphatic carbocycles. The van der Waals surface area contributed by atoms with Gasteiger partial charge in [0.15, 0.2) is 0 Å². The Balaban J connectivity index is 2.91. The van der Waals surface area contributed by atoms with Crippen LogP contribution in [0.2, 0.25) is 0 Å². The third kappa shape index (κ3) is 2.73. The highest BCUT2D eigenvalue weighted by Crippen LogP contribution is 2.12. The molecule has 0 spiro atoms. The summed E-state index contributed by atoms with van der Waals surface area (Å²) in [5.41, 5.74) is 3.11. The van der Waals surface area contributed by atoms with Gasteiger partial charge in [-0.15, -0.1) is 0 Å². The first-order valence-corrected chi connectivity index (χ1v) is 4.64. The van der Waals surface area contributed by atoms with E-state index in [0.29, 0.717) is 0 Å². The van der Waals surface area contributed by atoms with Crippen LogP contribution >= 0.6 is 0 Å². The monoisotopic (exact) mass is 189 g/mol. The molecular weight excluding hydrogens is 174 g/mol. The summed E-state index contributed by atoms with van der Waals surface area (Å²) in [7, 11) is 0. The van der Waals surface area contributed by atoms with Crippen molar-refractivity contribution in [1.29, 1.82) is 0 Å². The maximum Gasteiger partial charge on any atom is 0.221 e. The van der Waals surface area contributed by atoms with Gasteiger partial charge in [-0.1, -0.05) is 35.9 Å². The average Bonchev–Trinajstić information content (AvgIpc) is 2.15. The first-order chi connectivity index (χ1) is 6.63. The molecule has 2 heteroatoms. The molecule has 0 unspecified atom stereocenters. The Bertz CT molecular complexity index is 349. The topological polar surface area (TPSA) is 29.1 Å². The summed E-state index contributed by atoms with van der Waals surface area (Å²) in [6.07, 6.45) is 1.89. The highest BCUT2D eigenvalue weighted by molar-refractivity contribution is 5.84. The summed E-state index contributed by atoms with van der Waals surface area (Å²) in [5, 5.41) is 2.79. The molecule has 1 aromatic carbocycles. The van der Waals surface area contributed by atoms with Gasteiger partial charge in [0, 0.05) is 12.6 Å². The van der Waals surface area contributed by atoms with E-state index >= 15 is 0 Å². The number of carbonyl (C=O) groups is 1. The van der Waals surface area contributed by atoms with Crippen molar-refractivity contribution >= 4 is 11.6 Å². The van der Waals surface area contributed by atoms with Gasteiger partial charge in [-0.2, -0.15) is 0 Å². The molecule has 0 aromatic heterocycles. The Kier molecular flexibility index (Phi) is 3.46. The molecule has 2 nitrogen and oxygen atoms in total. The predicted octanol–water partition coefficient (Wildman–Crippen LogP) is 2.49. The predicted molar refractivity (Wildman–Crippen MR) is 58.6 cm³/mol. The molecule has 1 aromatic rings. The van der Waals surface area contributed by atoms with Gasteiger partial charge in [-0.25, -0.2) is 0 Å². The van der Waals surface area contributed by atoms with Crippen LogP contribution in [-0.2, 0) is 4.79 Å². The molecule has 1 N–H and O–H groups in total. The van der Waals surface area contributed by atoms with Gasteiger partial charge in [-0.3, -0.25) is 4.79 Å². The average molecular weight is 189 g/mol. The maximum absolute atomic E-state index is 10.9. The van der Waals surface area contributed by atoms with Gasteiger partial charge in [-0.05, 0) is 19.4 Å². The van der Waals surface area contributed by atoms with E-state index in [0.717, 1.165) is 11.3 Å². The van der Waals surface area contributed by atoms with E-state index in [1.807, 2.05) is 44.2 Å². The highest BCUT2D eigenvalue weighted by atomic mass is 16.1. The van der Waals surface area contributed by atoms with Crippen molar-refractivity contribution < 1.29 is 4.79 Å². The first kappa shape index (κ1) is 10.5. The zero-order valence-electron chi connectivity index (χ0n) is 8.79. The zero-order valence-corrected chi connectivity index (χ0v) is 8.79. The number of allylic oxidation sites excluding steroid dienone is 1. The summed E-state index contributed by atoms with van der Waals surface area (Å²) in [5.74, 6) is -0.0429. The molecule has 0 saturated heterocycles. The smallest absolute Gasteiger partial charge is 0.221 e. The molecule has 0 fully saturated rings. The third-order valence-electron chi connectivity index (χ3n) is 1.96. The zero-order chi connectivity index (χ0) is 10.6. The maximum atomic E-state index is 10.9. The first-order valence-electron chi connectivity index (χ1n) is 4.64. The van der Waals surface area contributed by atoms with Crippen LogP contribution in [0.5, 0.6) is 0 Å². The summed E-state index contributed by atoms with van der Waals surface area (Å²) in [6, 6.07) is 8.06. The van der Waals surface area contributed by atoms with Gasteiger partial charge < -0.3 is 5.32 Å². The summed E-state index contributed by atoms with van der Waals surface area (Å²) in [4.78, 5) is 10.9. The summed E-state index contributed by atoms with van der Waals surface area (Å²) in [6.45, 7) is 5.46. The number of rotatable bonds is 2. The highest BCUT2D eigenvalue weighted by Gasteiger charge is 2.00. The van der Waals surface area contributed by atoms with E-state index in [1.54, 1.807) is 0 Å². The summed E-state index contributed by atoms with van der Waals surface area (Å²) < 4.78 is 0. The molecule has 0 saturated carbocycles. The Morgan fingerprint density at radius 2 is 1.86 bits per heavy atom. The van der Waals surface area contributed by atoms with E-state index in [2.05, 4.69) is 5.32 Å². The van der Waals surface area contributed by atoms with Crippen LogP contribution in [0.15, 0.2) is 30.3 Å². The normalized spacial score (nSPS) is 11.2. The molecule has 0 aliphatic heterocycles. The molecule has 0 radical (unpaired) electrons. The lowest BCUT2D eigenvalue weighted by Gasteiger charge is -2.07. The SMILES string of the molecule is CC=C(NC(C)=O)c1ccc(C)cc1. The molecule has 1 rings (SSSR count). The fourth-order valence-electron chi connectivity index (χ4n) is 1.23. The van der Waals surface area contributed by atoms with Gasteiger partial charge >= 0.3 is 0 Å². The number of amides is 1. The minimum absolute atomic E-state index is 0.0429. The minimum Gasteiger partial charge on any atom is -0.326 e. The van der Waals surface area contributed by atoms with Gasteiger partial charge in [0.2, 0.25) is 5.91 Å². The van der Waals surface area contributed by atoms with Crippen molar-refractivity contribution in [1.82, 2.24) is 5.32 Å². The Morgan fingerprint density at radius 1 is 1.29 bits per heavy atom. The van der Waals surface area contributed by atoms with E-state index in [4.69, 9.17) is 0 Å². The molecule has 74 valence electrons. The second-order valence-corrected chi connectivity index (χ2v) is 3.25. The molecule has 0 aliphatic rings. The van der Waals surface area contributed by atoms with Crippen LogP contribution in [0.4, 0.5) is 0 Å². The largest absolute Gasteiger partial charge is 0.326 e. The van der Waals surface area contributed by atoms with Crippen LogP contribution in [0.1, 0.15) is 25.0 Å². The van der Waals surface area contributed by atoms with Crippen LogP contribution in [0.25, 0.3) is 5.70 Å². The van der Waals surface area contributed by atoms with E-state index in [-0.39, 0.29) is 5.91 Å². The lowest BCUT2D eigenvalue weighted by molar-refractivity contribution is -0.117. The van der Waals surface area contributed by atoms with E-state index in [1.165, 1.54) is 12.5 Å². The second-order valence-electron chi connectivity index (χ2n) is 3.25. The van der Waals surface area contributed by atoms with Crippen molar-refractivity contribution in [3.63, 3.8) is 0 Å². The molecule has 0 heterocycles. The Labute approximate surface area is 84.6 Å². The van der Waals surface area contributed by atoms with Crippen molar-refractivity contribution in [2.45, 2.75) is 20.8 Å². The number of carbonyl (C=O) groups excluding carboxylic acids is 1. The summed E-state index contributed by atoms with van der Waals surface area (Å²) >= 11 is 0. The standard InChI is InChI=1S/C12H15NO/c1-4-12(13-10(3)14)11-7-5-9(2)6-8-11/h4-8H,1-3H3,(H,13,14). The fourth-order valence-corrected chi connectivity index (χ4v) is 1.23.